The zero-order chi connectivity index (χ0) is 16.8. The zero-order valence-corrected chi connectivity index (χ0v) is 14.0. The van der Waals surface area contributed by atoms with E-state index < -0.39 is 0 Å². The average molecular weight is 351 g/mol. The summed E-state index contributed by atoms with van der Waals surface area (Å²) in [5.41, 5.74) is 2.78. The highest BCUT2D eigenvalue weighted by atomic mass is 35.5. The molecule has 0 unspecified atom stereocenters. The van der Waals surface area contributed by atoms with E-state index in [0.717, 1.165) is 47.2 Å². The number of hydrogen-bond acceptors (Lipinski definition) is 4. The van der Waals surface area contributed by atoms with Crippen LogP contribution in [0.5, 0.6) is 0 Å². The smallest absolute Gasteiger partial charge is 0.140 e. The number of H-pyrrole nitrogens is 2. The van der Waals surface area contributed by atoms with Gasteiger partial charge in [0.15, 0.2) is 0 Å². The Kier molecular flexibility index (Phi) is 3.24. The molecule has 4 aromatic rings. The second-order valence-corrected chi connectivity index (χ2v) is 6.61. The van der Waals surface area contributed by atoms with Crippen LogP contribution in [0, 0.1) is 0 Å². The second-order valence-electron chi connectivity index (χ2n) is 6.20. The van der Waals surface area contributed by atoms with Crippen LogP contribution in [-0.2, 0) is 0 Å². The summed E-state index contributed by atoms with van der Waals surface area (Å²) in [5, 5.41) is 0.589. The Morgan fingerprint density at radius 2 is 2.04 bits per heavy atom. The molecule has 0 radical (unpaired) electrons. The lowest BCUT2D eigenvalue weighted by Crippen LogP contribution is -2.45. The SMILES string of the molecule is Clc1cnc(N2CC(c3ncc[nH]3)C2)cc1-c1nc2ccccc2[nH]1. The molecule has 1 fully saturated rings. The fourth-order valence-electron chi connectivity index (χ4n) is 3.20. The predicted octanol–water partition coefficient (Wildman–Crippen LogP) is 3.61. The Morgan fingerprint density at radius 3 is 2.84 bits per heavy atom. The van der Waals surface area contributed by atoms with Gasteiger partial charge in [-0.25, -0.2) is 15.0 Å². The lowest BCUT2D eigenvalue weighted by atomic mass is 9.99. The average Bonchev–Trinajstić information content (AvgIpc) is 3.24. The Bertz CT molecular complexity index is 1000. The molecular formula is C18H15ClN6. The Morgan fingerprint density at radius 1 is 1.16 bits per heavy atom. The minimum absolute atomic E-state index is 0.419. The highest BCUT2D eigenvalue weighted by molar-refractivity contribution is 6.33. The number of fused-ring (bicyclic) bond motifs is 1. The van der Waals surface area contributed by atoms with Crippen molar-refractivity contribution < 1.29 is 0 Å². The maximum absolute atomic E-state index is 6.38. The highest BCUT2D eigenvalue weighted by Crippen LogP contribution is 2.34. The van der Waals surface area contributed by atoms with E-state index in [1.165, 1.54) is 0 Å². The van der Waals surface area contributed by atoms with Crippen molar-refractivity contribution in [1.82, 2.24) is 24.9 Å². The molecular weight excluding hydrogens is 336 g/mol. The van der Waals surface area contributed by atoms with Crippen molar-refractivity contribution in [3.8, 4) is 11.4 Å². The number of benzene rings is 1. The first kappa shape index (κ1) is 14.5. The number of nitrogens with one attached hydrogen (secondary N) is 2. The molecule has 0 amide bonds. The standard InChI is InChI=1S/C18H15ClN6/c19-13-8-22-16(25-9-11(10-25)17-20-5-6-21-17)7-12(13)18-23-14-3-1-2-4-15(14)24-18/h1-8,11H,9-10H2,(H,20,21)(H,23,24). The number of pyridine rings is 1. The van der Waals surface area contributed by atoms with Crippen LogP contribution in [0.2, 0.25) is 5.02 Å². The molecule has 2 N–H and O–H groups in total. The summed E-state index contributed by atoms with van der Waals surface area (Å²) in [4.78, 5) is 22.2. The van der Waals surface area contributed by atoms with E-state index in [2.05, 4.69) is 29.8 Å². The number of anilines is 1. The summed E-state index contributed by atoms with van der Waals surface area (Å²) < 4.78 is 0. The van der Waals surface area contributed by atoms with Gasteiger partial charge in [0.05, 0.1) is 22.0 Å². The lowest BCUT2D eigenvalue weighted by Gasteiger charge is -2.39. The third kappa shape index (κ3) is 2.46. The van der Waals surface area contributed by atoms with Crippen LogP contribution in [0.15, 0.2) is 48.9 Å². The molecule has 3 aromatic heterocycles. The molecule has 0 atom stereocenters. The van der Waals surface area contributed by atoms with Crippen LogP contribution >= 0.6 is 11.6 Å². The van der Waals surface area contributed by atoms with Gasteiger partial charge in [-0.05, 0) is 18.2 Å². The van der Waals surface area contributed by atoms with Gasteiger partial charge in [-0.15, -0.1) is 0 Å². The molecule has 5 rings (SSSR count). The van der Waals surface area contributed by atoms with Crippen LogP contribution in [0.1, 0.15) is 11.7 Å². The normalized spacial score (nSPS) is 14.8. The number of aromatic amines is 2. The fraction of sp³-hybridized carbons (Fsp3) is 0.167. The van der Waals surface area contributed by atoms with Crippen LogP contribution in [0.3, 0.4) is 0 Å². The molecule has 0 aliphatic carbocycles. The van der Waals surface area contributed by atoms with Gasteiger partial charge in [0.2, 0.25) is 0 Å². The molecule has 0 saturated carbocycles. The Labute approximate surface area is 148 Å². The monoisotopic (exact) mass is 350 g/mol. The number of imidazole rings is 2. The summed E-state index contributed by atoms with van der Waals surface area (Å²) in [7, 11) is 0. The quantitative estimate of drug-likeness (QED) is 0.592. The molecule has 1 saturated heterocycles. The molecule has 25 heavy (non-hydrogen) atoms. The molecule has 1 aliphatic rings. The number of rotatable bonds is 3. The molecule has 0 bridgehead atoms. The van der Waals surface area contributed by atoms with Gasteiger partial charge in [0, 0.05) is 37.2 Å². The van der Waals surface area contributed by atoms with Crippen LogP contribution in [0.25, 0.3) is 22.4 Å². The molecule has 6 nitrogen and oxygen atoms in total. The molecule has 4 heterocycles. The van der Waals surface area contributed by atoms with E-state index >= 15 is 0 Å². The summed E-state index contributed by atoms with van der Waals surface area (Å²) in [6.45, 7) is 1.78. The second kappa shape index (κ2) is 5.60. The van der Waals surface area contributed by atoms with Gasteiger partial charge in [0.25, 0.3) is 0 Å². The highest BCUT2D eigenvalue weighted by Gasteiger charge is 2.31. The molecule has 124 valence electrons. The van der Waals surface area contributed by atoms with Crippen molar-refractivity contribution >= 4 is 28.5 Å². The number of hydrogen-bond donors (Lipinski definition) is 2. The molecule has 7 heteroatoms. The number of para-hydroxylation sites is 2. The zero-order valence-electron chi connectivity index (χ0n) is 13.3. The molecule has 1 aliphatic heterocycles. The number of aromatic nitrogens is 5. The van der Waals surface area contributed by atoms with Gasteiger partial charge in [-0.3, -0.25) is 0 Å². The van der Waals surface area contributed by atoms with E-state index in [-0.39, 0.29) is 0 Å². The van der Waals surface area contributed by atoms with Gasteiger partial charge in [-0.2, -0.15) is 0 Å². The first-order valence-corrected chi connectivity index (χ1v) is 8.50. The van der Waals surface area contributed by atoms with E-state index in [0.29, 0.717) is 10.9 Å². The molecule has 0 spiro atoms. The summed E-state index contributed by atoms with van der Waals surface area (Å²) in [5.74, 6) is 3.12. The fourth-order valence-corrected chi connectivity index (χ4v) is 3.39. The topological polar surface area (TPSA) is 73.5 Å². The van der Waals surface area contributed by atoms with Crippen molar-refractivity contribution in [3.05, 3.63) is 59.8 Å². The van der Waals surface area contributed by atoms with Crippen LogP contribution in [-0.4, -0.2) is 38.0 Å². The number of nitrogens with zero attached hydrogens (tertiary/aromatic N) is 4. The maximum atomic E-state index is 6.38. The van der Waals surface area contributed by atoms with Crippen molar-refractivity contribution in [3.63, 3.8) is 0 Å². The minimum atomic E-state index is 0.419. The summed E-state index contributed by atoms with van der Waals surface area (Å²) >= 11 is 6.38. The van der Waals surface area contributed by atoms with Gasteiger partial charge in [-0.1, -0.05) is 23.7 Å². The summed E-state index contributed by atoms with van der Waals surface area (Å²) in [6.07, 6.45) is 5.34. The lowest BCUT2D eigenvalue weighted by molar-refractivity contribution is 0.500. The van der Waals surface area contributed by atoms with Crippen molar-refractivity contribution in [1.29, 1.82) is 0 Å². The van der Waals surface area contributed by atoms with E-state index in [1.807, 2.05) is 36.5 Å². The molecule has 1 aromatic carbocycles. The Balaban J connectivity index is 1.45. The third-order valence-corrected chi connectivity index (χ3v) is 4.90. The first-order chi connectivity index (χ1) is 12.3. The van der Waals surface area contributed by atoms with Gasteiger partial charge >= 0.3 is 0 Å². The van der Waals surface area contributed by atoms with E-state index in [1.54, 1.807) is 12.4 Å². The van der Waals surface area contributed by atoms with Gasteiger partial charge in [0.1, 0.15) is 17.5 Å². The Hall–Kier alpha value is -2.86. The largest absolute Gasteiger partial charge is 0.355 e. The maximum Gasteiger partial charge on any atom is 0.140 e. The van der Waals surface area contributed by atoms with Crippen molar-refractivity contribution in [2.75, 3.05) is 18.0 Å². The van der Waals surface area contributed by atoms with E-state index in [4.69, 9.17) is 11.6 Å². The van der Waals surface area contributed by atoms with Crippen molar-refractivity contribution in [2.24, 2.45) is 0 Å². The van der Waals surface area contributed by atoms with Crippen LogP contribution < -0.4 is 4.90 Å². The van der Waals surface area contributed by atoms with Gasteiger partial charge < -0.3 is 14.9 Å². The number of halogens is 1. The van der Waals surface area contributed by atoms with E-state index in [9.17, 15) is 0 Å². The minimum Gasteiger partial charge on any atom is -0.355 e. The predicted molar refractivity (Wildman–Crippen MR) is 97.9 cm³/mol. The third-order valence-electron chi connectivity index (χ3n) is 4.60. The van der Waals surface area contributed by atoms with Crippen LogP contribution in [0.4, 0.5) is 5.82 Å². The van der Waals surface area contributed by atoms with Crippen molar-refractivity contribution in [2.45, 2.75) is 5.92 Å². The first-order valence-electron chi connectivity index (χ1n) is 8.13. The summed E-state index contributed by atoms with van der Waals surface area (Å²) in [6, 6.07) is 9.94.